The Morgan fingerprint density at radius 1 is 1.45 bits per heavy atom. The van der Waals surface area contributed by atoms with E-state index in [0.717, 1.165) is 0 Å². The maximum Gasteiger partial charge on any atom is 0.282 e. The second-order valence-corrected chi connectivity index (χ2v) is 6.01. The standard InChI is InChI=1S/C14H21N3O3/c1-9(14(2,3)4)8-16-13(18)11-7-10(15)5-6-12(11)17(19)20/h5-7,9H,8,15H2,1-4H3,(H,16,18). The number of carbonyl (C=O) groups is 1. The highest BCUT2D eigenvalue weighted by atomic mass is 16.6. The second kappa shape index (κ2) is 5.90. The SMILES string of the molecule is CC(CNC(=O)c1cc(N)ccc1[N+](=O)[O-])C(C)(C)C. The van der Waals surface area contributed by atoms with Crippen LogP contribution in [0.15, 0.2) is 18.2 Å². The fourth-order valence-electron chi connectivity index (χ4n) is 1.54. The van der Waals surface area contributed by atoms with Crippen LogP contribution < -0.4 is 11.1 Å². The lowest BCUT2D eigenvalue weighted by molar-refractivity contribution is -0.385. The molecule has 0 aliphatic rings. The summed E-state index contributed by atoms with van der Waals surface area (Å²) in [6.07, 6.45) is 0. The first-order valence-corrected chi connectivity index (χ1v) is 6.45. The molecule has 1 aromatic carbocycles. The number of hydrogen-bond donors (Lipinski definition) is 2. The van der Waals surface area contributed by atoms with Crippen molar-refractivity contribution in [1.82, 2.24) is 5.32 Å². The van der Waals surface area contributed by atoms with Gasteiger partial charge in [0.1, 0.15) is 5.56 Å². The lowest BCUT2D eigenvalue weighted by Gasteiger charge is -2.27. The second-order valence-electron chi connectivity index (χ2n) is 6.01. The Morgan fingerprint density at radius 3 is 2.55 bits per heavy atom. The largest absolute Gasteiger partial charge is 0.399 e. The molecule has 6 nitrogen and oxygen atoms in total. The third-order valence-electron chi connectivity index (χ3n) is 3.51. The highest BCUT2D eigenvalue weighted by Crippen LogP contribution is 2.25. The van der Waals surface area contributed by atoms with Crippen molar-refractivity contribution in [3.63, 3.8) is 0 Å². The summed E-state index contributed by atoms with van der Waals surface area (Å²) in [6.45, 7) is 8.70. The molecule has 110 valence electrons. The van der Waals surface area contributed by atoms with Crippen LogP contribution in [0.1, 0.15) is 38.1 Å². The number of nitro benzene ring substituents is 1. The molecule has 1 atom stereocenters. The molecule has 0 heterocycles. The number of nitrogen functional groups attached to an aromatic ring is 1. The van der Waals surface area contributed by atoms with Crippen molar-refractivity contribution in [3.05, 3.63) is 33.9 Å². The minimum atomic E-state index is -0.582. The molecule has 0 aromatic heterocycles. The Kier molecular flexibility index (Phi) is 4.70. The molecule has 6 heteroatoms. The molecular weight excluding hydrogens is 258 g/mol. The first-order valence-electron chi connectivity index (χ1n) is 6.45. The Labute approximate surface area is 118 Å². The van der Waals surface area contributed by atoms with Gasteiger partial charge in [-0.05, 0) is 23.5 Å². The Bertz CT molecular complexity index is 521. The topological polar surface area (TPSA) is 98.3 Å². The van der Waals surface area contributed by atoms with Crippen LogP contribution in [0.5, 0.6) is 0 Å². The van der Waals surface area contributed by atoms with Gasteiger partial charge in [0, 0.05) is 18.3 Å². The summed E-state index contributed by atoms with van der Waals surface area (Å²) in [4.78, 5) is 22.4. The monoisotopic (exact) mass is 279 g/mol. The summed E-state index contributed by atoms with van der Waals surface area (Å²) in [6, 6.07) is 3.99. The highest BCUT2D eigenvalue weighted by Gasteiger charge is 2.23. The average Bonchev–Trinajstić information content (AvgIpc) is 2.33. The molecule has 0 spiro atoms. The zero-order valence-electron chi connectivity index (χ0n) is 12.3. The molecular formula is C14H21N3O3. The van der Waals surface area contributed by atoms with E-state index in [1.54, 1.807) is 0 Å². The first-order chi connectivity index (χ1) is 9.12. The van der Waals surface area contributed by atoms with E-state index in [1.807, 2.05) is 6.92 Å². The van der Waals surface area contributed by atoms with Crippen molar-refractivity contribution < 1.29 is 9.72 Å². The first kappa shape index (κ1) is 15.9. The van der Waals surface area contributed by atoms with Crippen LogP contribution in [-0.2, 0) is 0 Å². The smallest absolute Gasteiger partial charge is 0.282 e. The van der Waals surface area contributed by atoms with E-state index in [0.29, 0.717) is 12.2 Å². The lowest BCUT2D eigenvalue weighted by atomic mass is 9.82. The summed E-state index contributed by atoms with van der Waals surface area (Å²) in [5.74, 6) is -0.230. The summed E-state index contributed by atoms with van der Waals surface area (Å²) in [5.41, 5.74) is 5.72. The molecule has 0 fully saturated rings. The zero-order chi connectivity index (χ0) is 15.5. The molecule has 3 N–H and O–H groups in total. The quantitative estimate of drug-likeness (QED) is 0.502. The van der Waals surface area contributed by atoms with Crippen molar-refractivity contribution in [2.75, 3.05) is 12.3 Å². The fraction of sp³-hybridized carbons (Fsp3) is 0.500. The molecule has 0 saturated heterocycles. The van der Waals surface area contributed by atoms with Gasteiger partial charge in [0.2, 0.25) is 0 Å². The van der Waals surface area contributed by atoms with E-state index in [-0.39, 0.29) is 22.6 Å². The van der Waals surface area contributed by atoms with Crippen molar-refractivity contribution >= 4 is 17.3 Å². The van der Waals surface area contributed by atoms with Crippen molar-refractivity contribution in [2.24, 2.45) is 11.3 Å². The van der Waals surface area contributed by atoms with Gasteiger partial charge in [-0.15, -0.1) is 0 Å². The Morgan fingerprint density at radius 2 is 2.05 bits per heavy atom. The highest BCUT2D eigenvalue weighted by molar-refractivity contribution is 5.99. The van der Waals surface area contributed by atoms with Gasteiger partial charge in [-0.3, -0.25) is 14.9 Å². The number of hydrogen-bond acceptors (Lipinski definition) is 4. The number of carbonyl (C=O) groups excluding carboxylic acids is 1. The normalized spacial score (nSPS) is 12.8. The van der Waals surface area contributed by atoms with Gasteiger partial charge in [-0.1, -0.05) is 27.7 Å². The number of nitrogens with one attached hydrogen (secondary N) is 1. The molecule has 0 saturated carbocycles. The van der Waals surface area contributed by atoms with Crippen LogP contribution in [-0.4, -0.2) is 17.4 Å². The Balaban J connectivity index is 2.88. The van der Waals surface area contributed by atoms with E-state index in [4.69, 9.17) is 5.73 Å². The third-order valence-corrected chi connectivity index (χ3v) is 3.51. The number of nitrogens with zero attached hydrogens (tertiary/aromatic N) is 1. The van der Waals surface area contributed by atoms with Crippen molar-refractivity contribution in [3.8, 4) is 0 Å². The minimum Gasteiger partial charge on any atom is -0.399 e. The van der Waals surface area contributed by atoms with Crippen LogP contribution in [0, 0.1) is 21.4 Å². The van der Waals surface area contributed by atoms with E-state index in [1.165, 1.54) is 18.2 Å². The molecule has 0 aliphatic carbocycles. The molecule has 0 aliphatic heterocycles. The molecule has 20 heavy (non-hydrogen) atoms. The van der Waals surface area contributed by atoms with Crippen molar-refractivity contribution in [2.45, 2.75) is 27.7 Å². The maximum atomic E-state index is 12.1. The number of rotatable bonds is 4. The predicted molar refractivity (Wildman–Crippen MR) is 78.5 cm³/mol. The fourth-order valence-corrected chi connectivity index (χ4v) is 1.54. The van der Waals surface area contributed by atoms with Crippen LogP contribution in [0.4, 0.5) is 11.4 Å². The van der Waals surface area contributed by atoms with Gasteiger partial charge in [-0.25, -0.2) is 0 Å². The molecule has 0 bridgehead atoms. The van der Waals surface area contributed by atoms with Crippen molar-refractivity contribution in [1.29, 1.82) is 0 Å². The summed E-state index contributed by atoms with van der Waals surface area (Å²) in [7, 11) is 0. The number of nitro groups is 1. The van der Waals surface area contributed by atoms with E-state index < -0.39 is 10.8 Å². The van der Waals surface area contributed by atoms with Crippen LogP contribution >= 0.6 is 0 Å². The molecule has 1 aromatic rings. The maximum absolute atomic E-state index is 12.1. The van der Waals surface area contributed by atoms with E-state index in [2.05, 4.69) is 26.1 Å². The number of amides is 1. The Hall–Kier alpha value is -2.11. The number of benzene rings is 1. The van der Waals surface area contributed by atoms with E-state index >= 15 is 0 Å². The summed E-state index contributed by atoms with van der Waals surface area (Å²) >= 11 is 0. The van der Waals surface area contributed by atoms with Crippen LogP contribution in [0.3, 0.4) is 0 Å². The van der Waals surface area contributed by atoms with Gasteiger partial charge in [-0.2, -0.15) is 0 Å². The number of nitrogens with two attached hydrogens (primary N) is 1. The third kappa shape index (κ3) is 3.94. The lowest BCUT2D eigenvalue weighted by Crippen LogP contribution is -2.34. The van der Waals surface area contributed by atoms with Gasteiger partial charge in [0.05, 0.1) is 4.92 Å². The molecule has 1 unspecified atom stereocenters. The number of anilines is 1. The van der Waals surface area contributed by atoms with Gasteiger partial charge in [0.15, 0.2) is 0 Å². The minimum absolute atomic E-state index is 0.00360. The molecule has 1 amide bonds. The molecule has 1 rings (SSSR count). The van der Waals surface area contributed by atoms with Gasteiger partial charge in [0.25, 0.3) is 11.6 Å². The van der Waals surface area contributed by atoms with Crippen LogP contribution in [0.25, 0.3) is 0 Å². The van der Waals surface area contributed by atoms with Gasteiger partial charge >= 0.3 is 0 Å². The zero-order valence-corrected chi connectivity index (χ0v) is 12.3. The summed E-state index contributed by atoms with van der Waals surface area (Å²) < 4.78 is 0. The van der Waals surface area contributed by atoms with Gasteiger partial charge < -0.3 is 11.1 Å². The molecule has 0 radical (unpaired) electrons. The average molecular weight is 279 g/mol. The predicted octanol–water partition coefficient (Wildman–Crippen LogP) is 2.59. The van der Waals surface area contributed by atoms with E-state index in [9.17, 15) is 14.9 Å². The van der Waals surface area contributed by atoms with Crippen LogP contribution in [0.2, 0.25) is 0 Å². The summed E-state index contributed by atoms with van der Waals surface area (Å²) in [5, 5.41) is 13.6.